The lowest BCUT2D eigenvalue weighted by atomic mass is 10.1. The van der Waals surface area contributed by atoms with Crippen LogP contribution in [-0.4, -0.2) is 59.7 Å². The number of hydrogen-bond acceptors (Lipinski definition) is 5. The molecule has 28 heavy (non-hydrogen) atoms. The Balaban J connectivity index is 1.66. The second-order valence-corrected chi connectivity index (χ2v) is 7.12. The van der Waals surface area contributed by atoms with Gasteiger partial charge in [0.15, 0.2) is 0 Å². The zero-order chi connectivity index (χ0) is 20.1. The number of nitrogens with zero attached hydrogens (tertiary/aromatic N) is 4. The van der Waals surface area contributed by atoms with Crippen molar-refractivity contribution in [3.8, 4) is 0 Å². The highest BCUT2D eigenvalue weighted by molar-refractivity contribution is 5.92. The smallest absolute Gasteiger partial charge is 0.241 e. The average Bonchev–Trinajstić information content (AvgIpc) is 3.06. The van der Waals surface area contributed by atoms with Crippen molar-refractivity contribution in [2.45, 2.75) is 32.5 Å². The first-order chi connectivity index (χ1) is 13.5. The lowest BCUT2D eigenvalue weighted by molar-refractivity contribution is -0.121. The maximum atomic E-state index is 12.7. The minimum Gasteiger partial charge on any atom is -0.373 e. The number of rotatable bonds is 6. The van der Waals surface area contributed by atoms with Crippen LogP contribution in [0.5, 0.6) is 0 Å². The highest BCUT2D eigenvalue weighted by Gasteiger charge is 2.26. The van der Waals surface area contributed by atoms with E-state index in [2.05, 4.69) is 57.7 Å². The number of aromatic nitrogens is 2. The number of para-hydroxylation sites is 1. The van der Waals surface area contributed by atoms with E-state index < -0.39 is 0 Å². The Labute approximate surface area is 165 Å². The van der Waals surface area contributed by atoms with Crippen LogP contribution < -0.4 is 15.5 Å². The fourth-order valence-corrected chi connectivity index (χ4v) is 3.59. The van der Waals surface area contributed by atoms with E-state index in [0.29, 0.717) is 18.3 Å². The van der Waals surface area contributed by atoms with E-state index in [1.165, 1.54) is 15.9 Å². The molecule has 2 amide bonds. The Morgan fingerprint density at radius 1 is 1.21 bits per heavy atom. The predicted molar refractivity (Wildman–Crippen MR) is 109 cm³/mol. The van der Waals surface area contributed by atoms with Crippen LogP contribution in [0.15, 0.2) is 36.7 Å². The van der Waals surface area contributed by atoms with Gasteiger partial charge in [0.2, 0.25) is 11.8 Å². The molecule has 0 bridgehead atoms. The first kappa shape index (κ1) is 19.9. The second-order valence-electron chi connectivity index (χ2n) is 7.12. The molecule has 0 saturated heterocycles. The summed E-state index contributed by atoms with van der Waals surface area (Å²) < 4.78 is 1.50. The number of fused-ring (bicyclic) bond motifs is 1. The molecule has 1 aliphatic rings. The maximum absolute atomic E-state index is 12.7. The van der Waals surface area contributed by atoms with E-state index in [-0.39, 0.29) is 18.4 Å². The van der Waals surface area contributed by atoms with Crippen molar-refractivity contribution in [1.29, 1.82) is 0 Å². The van der Waals surface area contributed by atoms with E-state index in [9.17, 15) is 9.59 Å². The molecular formula is C20H28N6O2. The van der Waals surface area contributed by atoms with Crippen molar-refractivity contribution in [3.63, 3.8) is 0 Å². The first-order valence-corrected chi connectivity index (χ1v) is 9.56. The molecule has 0 spiro atoms. The van der Waals surface area contributed by atoms with Gasteiger partial charge in [-0.1, -0.05) is 25.1 Å². The highest BCUT2D eigenvalue weighted by atomic mass is 16.2. The SMILES string of the molecule is CCC1CN(C)c2ccccc2CN1CC(=O)Nc1cnn(CC(=O)NC)c1. The molecule has 2 aromatic rings. The summed E-state index contributed by atoms with van der Waals surface area (Å²) >= 11 is 0. The highest BCUT2D eigenvalue weighted by Crippen LogP contribution is 2.26. The van der Waals surface area contributed by atoms with Crippen LogP contribution >= 0.6 is 0 Å². The van der Waals surface area contributed by atoms with Crippen LogP contribution in [0.4, 0.5) is 11.4 Å². The third-order valence-electron chi connectivity index (χ3n) is 5.10. The number of likely N-dealkylation sites (N-methyl/N-ethyl adjacent to an activating group) is 2. The van der Waals surface area contributed by atoms with Gasteiger partial charge in [-0.25, -0.2) is 0 Å². The molecule has 3 rings (SSSR count). The minimum absolute atomic E-state index is 0.0834. The summed E-state index contributed by atoms with van der Waals surface area (Å²) in [6.07, 6.45) is 4.19. The summed E-state index contributed by atoms with van der Waals surface area (Å²) in [7, 11) is 3.68. The number of carbonyl (C=O) groups excluding carboxylic acids is 2. The van der Waals surface area contributed by atoms with E-state index in [1.807, 2.05) is 6.07 Å². The Morgan fingerprint density at radius 3 is 2.75 bits per heavy atom. The monoisotopic (exact) mass is 384 g/mol. The molecule has 1 unspecified atom stereocenters. The van der Waals surface area contributed by atoms with E-state index >= 15 is 0 Å². The lowest BCUT2D eigenvalue weighted by Gasteiger charge is -2.30. The fraction of sp³-hybridized carbons (Fsp3) is 0.450. The molecule has 1 aromatic heterocycles. The van der Waals surface area contributed by atoms with Gasteiger partial charge < -0.3 is 15.5 Å². The minimum atomic E-state index is -0.140. The number of carbonyl (C=O) groups is 2. The zero-order valence-electron chi connectivity index (χ0n) is 16.7. The topological polar surface area (TPSA) is 82.5 Å². The van der Waals surface area contributed by atoms with Crippen molar-refractivity contribution < 1.29 is 9.59 Å². The number of benzene rings is 1. The molecule has 1 aromatic carbocycles. The zero-order valence-corrected chi connectivity index (χ0v) is 16.7. The van der Waals surface area contributed by atoms with Crippen LogP contribution in [0.1, 0.15) is 18.9 Å². The molecule has 0 aliphatic carbocycles. The quantitative estimate of drug-likeness (QED) is 0.785. The Morgan fingerprint density at radius 2 is 2.00 bits per heavy atom. The predicted octanol–water partition coefficient (Wildman–Crippen LogP) is 1.30. The Kier molecular flexibility index (Phi) is 6.30. The second kappa shape index (κ2) is 8.88. The molecule has 0 radical (unpaired) electrons. The van der Waals surface area contributed by atoms with Crippen LogP contribution in [0.3, 0.4) is 0 Å². The standard InChI is InChI=1S/C20H28N6O2/c1-4-17-12-24(3)18-8-6-5-7-15(18)10-25(17)13-20(28)23-16-9-22-26(11-16)14-19(27)21-2/h5-9,11,17H,4,10,12-14H2,1-3H3,(H,21,27)(H,23,28). The van der Waals surface area contributed by atoms with Gasteiger partial charge in [-0.15, -0.1) is 0 Å². The summed E-state index contributed by atoms with van der Waals surface area (Å²) in [6, 6.07) is 8.64. The summed E-state index contributed by atoms with van der Waals surface area (Å²) in [4.78, 5) is 28.6. The number of hydrogen-bond donors (Lipinski definition) is 2. The molecule has 0 saturated carbocycles. The number of amides is 2. The van der Waals surface area contributed by atoms with Crippen LogP contribution in [-0.2, 0) is 22.7 Å². The number of nitrogens with one attached hydrogen (secondary N) is 2. The normalized spacial score (nSPS) is 17.0. The molecule has 2 heterocycles. The van der Waals surface area contributed by atoms with Gasteiger partial charge in [-0.05, 0) is 18.1 Å². The van der Waals surface area contributed by atoms with Crippen molar-refractivity contribution >= 4 is 23.2 Å². The van der Waals surface area contributed by atoms with Gasteiger partial charge in [0.05, 0.1) is 18.4 Å². The largest absolute Gasteiger partial charge is 0.373 e. The Bertz CT molecular complexity index is 834. The average molecular weight is 384 g/mol. The molecule has 8 nitrogen and oxygen atoms in total. The maximum Gasteiger partial charge on any atom is 0.241 e. The molecule has 0 fully saturated rings. The van der Waals surface area contributed by atoms with E-state index in [1.54, 1.807) is 19.4 Å². The first-order valence-electron chi connectivity index (χ1n) is 9.56. The van der Waals surface area contributed by atoms with Crippen LogP contribution in [0.25, 0.3) is 0 Å². The molecule has 1 aliphatic heterocycles. The molecule has 2 N–H and O–H groups in total. The van der Waals surface area contributed by atoms with Gasteiger partial charge in [-0.2, -0.15) is 5.10 Å². The molecular weight excluding hydrogens is 356 g/mol. The van der Waals surface area contributed by atoms with Crippen LogP contribution in [0.2, 0.25) is 0 Å². The Hall–Kier alpha value is -2.87. The van der Waals surface area contributed by atoms with Gasteiger partial charge in [0.1, 0.15) is 6.54 Å². The van der Waals surface area contributed by atoms with Crippen LogP contribution in [0, 0.1) is 0 Å². The van der Waals surface area contributed by atoms with E-state index in [0.717, 1.165) is 19.5 Å². The number of anilines is 2. The molecule has 8 heteroatoms. The summed E-state index contributed by atoms with van der Waals surface area (Å²) in [5, 5.41) is 9.55. The van der Waals surface area contributed by atoms with Gasteiger partial charge in [-0.3, -0.25) is 19.2 Å². The third kappa shape index (κ3) is 4.69. The third-order valence-corrected chi connectivity index (χ3v) is 5.10. The van der Waals surface area contributed by atoms with E-state index in [4.69, 9.17) is 0 Å². The summed E-state index contributed by atoms with van der Waals surface area (Å²) in [5.74, 6) is -0.223. The van der Waals surface area contributed by atoms with Gasteiger partial charge >= 0.3 is 0 Å². The fourth-order valence-electron chi connectivity index (χ4n) is 3.59. The molecule has 150 valence electrons. The van der Waals surface area contributed by atoms with Crippen molar-refractivity contribution in [2.24, 2.45) is 0 Å². The van der Waals surface area contributed by atoms with Gasteiger partial charge in [0, 0.05) is 45.1 Å². The van der Waals surface area contributed by atoms with Crippen molar-refractivity contribution in [1.82, 2.24) is 20.0 Å². The van der Waals surface area contributed by atoms with Gasteiger partial charge in [0.25, 0.3) is 0 Å². The summed E-state index contributed by atoms with van der Waals surface area (Å²) in [5.41, 5.74) is 3.04. The summed E-state index contributed by atoms with van der Waals surface area (Å²) in [6.45, 7) is 4.20. The molecule has 1 atom stereocenters. The van der Waals surface area contributed by atoms with Crippen molar-refractivity contribution in [2.75, 3.05) is 37.4 Å². The van der Waals surface area contributed by atoms with Crippen molar-refractivity contribution in [3.05, 3.63) is 42.2 Å². The lowest BCUT2D eigenvalue weighted by Crippen LogP contribution is -2.43.